The molecule has 6 rings (SSSR count). The van der Waals surface area contributed by atoms with E-state index in [0.717, 1.165) is 9.52 Å². The maximum atomic E-state index is 4.93. The third kappa shape index (κ3) is 15.3. The molecule has 0 N–H and O–H groups in total. The van der Waals surface area contributed by atoms with Crippen molar-refractivity contribution in [2.45, 2.75) is 184 Å². The Hall–Kier alpha value is -1.35. The second-order valence-electron chi connectivity index (χ2n) is 25.5. The number of fused-ring (bicyclic) bond motifs is 2. The summed E-state index contributed by atoms with van der Waals surface area (Å²) in [5.74, 6) is 1.01. The van der Waals surface area contributed by atoms with Crippen LogP contribution in [0.4, 0.5) is 0 Å². The fourth-order valence-corrected chi connectivity index (χ4v) is 13.3. The molecule has 0 amide bonds. The Kier molecular flexibility index (Phi) is 20.4. The summed E-state index contributed by atoms with van der Waals surface area (Å²) in [6, 6.07) is 34.4. The van der Waals surface area contributed by atoms with Gasteiger partial charge in [0, 0.05) is 9.52 Å². The molecule has 0 heterocycles. The standard InChI is InChI=1S/2C28H41Si2.C2H6Si.2ClH.Zr/c2*1-19(2)25-13-12-20-14-22(28(3,4)5)17-26(20)27(25)21-15-23(29(6,7)8)18-24(16-21)30(9,10)11;1-3-2;;;/h2*12-19H,1-11H3;1-2H3;2*1H;/q2*-1;;;;+4/p-2. The molecular formula is C58H88Cl2Si5Zr. The molecule has 0 fully saturated rings. The Morgan fingerprint density at radius 1 is 0.455 bits per heavy atom. The molecule has 358 valence electrons. The van der Waals surface area contributed by atoms with Crippen LogP contribution in [0.2, 0.25) is 91.7 Å². The molecule has 0 bridgehead atoms. The Bertz CT molecular complexity index is 2290. The zero-order valence-corrected chi connectivity index (χ0v) is 55.0. The van der Waals surface area contributed by atoms with Gasteiger partial charge in [-0.2, -0.15) is 12.1 Å². The van der Waals surface area contributed by atoms with Crippen molar-refractivity contribution in [3.05, 3.63) is 107 Å². The van der Waals surface area contributed by atoms with E-state index in [1.165, 1.54) is 66.1 Å². The van der Waals surface area contributed by atoms with Crippen molar-refractivity contribution in [3.8, 4) is 22.3 Å². The van der Waals surface area contributed by atoms with Gasteiger partial charge in [0.25, 0.3) is 0 Å². The van der Waals surface area contributed by atoms with Crippen LogP contribution >= 0.6 is 17.0 Å². The first kappa shape index (κ1) is 59.0. The van der Waals surface area contributed by atoms with Gasteiger partial charge < -0.3 is 0 Å². The average molecular weight is 1090 g/mol. The summed E-state index contributed by atoms with van der Waals surface area (Å²) in [5.41, 5.74) is 12.0. The molecule has 0 nitrogen and oxygen atoms in total. The van der Waals surface area contributed by atoms with Crippen LogP contribution in [0.1, 0.15) is 103 Å². The minimum atomic E-state index is -1.42. The van der Waals surface area contributed by atoms with E-state index in [4.69, 9.17) is 17.0 Å². The SMILES string of the molecule is CC(C)c1ccc2[cH-]c(C(C)(C)C)cc2c1-c1cc([Si](C)(C)C)cc([Si](C)(C)C)c1.CC(C)c1ccc2[cH-]c(C(C)(C)C)cc2c1-c1cc([Si](C)(C)C)cc([Si](C)(C)C)c1.C[Si]C.[Cl][Zr+2][Cl]. The third-order valence-corrected chi connectivity index (χ3v) is 20.8. The summed E-state index contributed by atoms with van der Waals surface area (Å²) in [6.45, 7) is 57.3. The van der Waals surface area contributed by atoms with E-state index in [-0.39, 0.29) is 10.8 Å². The predicted octanol–water partition coefficient (Wildman–Crippen LogP) is 17.6. The Balaban J connectivity index is 0.000000313. The van der Waals surface area contributed by atoms with Crippen LogP contribution in [-0.4, -0.2) is 41.8 Å². The van der Waals surface area contributed by atoms with Crippen molar-refractivity contribution >= 4 is 101 Å². The van der Waals surface area contributed by atoms with Crippen LogP contribution in [0.3, 0.4) is 0 Å². The van der Waals surface area contributed by atoms with Gasteiger partial charge in [-0.1, -0.05) is 240 Å². The molecule has 0 unspecified atom stereocenters. The summed E-state index contributed by atoms with van der Waals surface area (Å²) in [4.78, 5) is 0. The van der Waals surface area contributed by atoms with Crippen molar-refractivity contribution in [2.75, 3.05) is 0 Å². The Morgan fingerprint density at radius 3 is 0.894 bits per heavy atom. The van der Waals surface area contributed by atoms with Crippen LogP contribution < -0.4 is 20.7 Å². The van der Waals surface area contributed by atoms with Gasteiger partial charge in [-0.25, -0.2) is 0 Å². The van der Waals surface area contributed by atoms with Crippen LogP contribution in [0.15, 0.2) is 84.9 Å². The van der Waals surface area contributed by atoms with Gasteiger partial charge in [0.05, 0.1) is 32.3 Å². The Labute approximate surface area is 431 Å². The van der Waals surface area contributed by atoms with E-state index in [1.807, 2.05) is 0 Å². The van der Waals surface area contributed by atoms with Crippen LogP contribution in [0.25, 0.3) is 43.8 Å². The number of hydrogen-bond acceptors (Lipinski definition) is 0. The van der Waals surface area contributed by atoms with E-state index >= 15 is 0 Å². The van der Waals surface area contributed by atoms with E-state index in [9.17, 15) is 0 Å². The minimum absolute atomic E-state index is 0.165. The van der Waals surface area contributed by atoms with E-state index in [1.54, 1.807) is 20.7 Å². The van der Waals surface area contributed by atoms with Gasteiger partial charge in [-0.05, 0) is 33.8 Å². The molecule has 66 heavy (non-hydrogen) atoms. The van der Waals surface area contributed by atoms with Crippen molar-refractivity contribution in [2.24, 2.45) is 0 Å². The summed E-state index contributed by atoms with van der Waals surface area (Å²) >= 11 is -0.826. The molecule has 8 heteroatoms. The quantitative estimate of drug-likeness (QED) is 0.105. The van der Waals surface area contributed by atoms with E-state index in [2.05, 4.69) is 246 Å². The molecule has 0 atom stereocenters. The first-order valence-electron chi connectivity index (χ1n) is 24.4. The maximum absolute atomic E-state index is 4.93. The zero-order chi connectivity index (χ0) is 50.7. The first-order chi connectivity index (χ1) is 30.0. The van der Waals surface area contributed by atoms with Gasteiger partial charge in [0.1, 0.15) is 0 Å². The normalized spacial score (nSPS) is 12.7. The third-order valence-electron chi connectivity index (χ3n) is 12.7. The molecule has 2 radical (unpaired) electrons. The monoisotopic (exact) mass is 1080 g/mol. The number of hydrogen-bond donors (Lipinski definition) is 0. The molecule has 6 aromatic rings. The number of rotatable bonds is 8. The van der Waals surface area contributed by atoms with E-state index in [0.29, 0.717) is 11.8 Å². The van der Waals surface area contributed by atoms with Crippen molar-refractivity contribution in [1.82, 2.24) is 0 Å². The fourth-order valence-electron chi connectivity index (χ4n) is 8.35. The van der Waals surface area contributed by atoms with Crippen molar-refractivity contribution in [1.29, 1.82) is 0 Å². The zero-order valence-electron chi connectivity index (χ0n) is 46.0. The van der Waals surface area contributed by atoms with Gasteiger partial charge in [-0.15, -0.1) is 69.1 Å². The molecule has 0 saturated heterocycles. The molecule has 0 aromatic heterocycles. The van der Waals surface area contributed by atoms with Gasteiger partial charge in [-0.3, -0.25) is 0 Å². The van der Waals surface area contributed by atoms with Crippen molar-refractivity contribution in [3.63, 3.8) is 0 Å². The molecule has 0 aliphatic heterocycles. The fraction of sp³-hybridized carbons (Fsp3) is 0.483. The second kappa shape index (κ2) is 22.8. The molecule has 6 aromatic carbocycles. The van der Waals surface area contributed by atoms with Crippen LogP contribution in [0, 0.1) is 0 Å². The van der Waals surface area contributed by atoms with Gasteiger partial charge in [0.2, 0.25) is 0 Å². The summed E-state index contributed by atoms with van der Waals surface area (Å²) in [6.07, 6.45) is 0. The summed E-state index contributed by atoms with van der Waals surface area (Å²) in [7, 11) is 5.26. The molecule has 0 aliphatic rings. The van der Waals surface area contributed by atoms with Gasteiger partial charge >= 0.3 is 37.9 Å². The summed E-state index contributed by atoms with van der Waals surface area (Å²) < 4.78 is 0. The van der Waals surface area contributed by atoms with Crippen molar-refractivity contribution < 1.29 is 20.8 Å². The molecular weight excluding hydrogens is 999 g/mol. The van der Waals surface area contributed by atoms with E-state index < -0.39 is 53.1 Å². The molecule has 0 spiro atoms. The second-order valence-corrected chi connectivity index (χ2v) is 50.6. The Morgan fingerprint density at radius 2 is 0.697 bits per heavy atom. The van der Waals surface area contributed by atoms with Crippen LogP contribution in [-0.2, 0) is 31.7 Å². The number of benzene rings is 4. The average Bonchev–Trinajstić information content (AvgIpc) is 3.82. The number of halogens is 2. The molecule has 0 aliphatic carbocycles. The topological polar surface area (TPSA) is 0 Å². The van der Waals surface area contributed by atoms with Gasteiger partial charge in [0.15, 0.2) is 0 Å². The van der Waals surface area contributed by atoms with Crippen LogP contribution in [0.5, 0.6) is 0 Å². The predicted molar refractivity (Wildman–Crippen MR) is 317 cm³/mol. The summed E-state index contributed by atoms with van der Waals surface area (Å²) in [5, 5.41) is 12.0. The first-order valence-corrected chi connectivity index (χ1v) is 46.7. The molecule has 0 saturated carbocycles.